The van der Waals surface area contributed by atoms with E-state index >= 15 is 0 Å². The first-order valence-electron chi connectivity index (χ1n) is 8.45. The van der Waals surface area contributed by atoms with Crippen LogP contribution in [0.5, 0.6) is 0 Å². The van der Waals surface area contributed by atoms with Crippen LogP contribution in [0.25, 0.3) is 11.0 Å². The SMILES string of the molecule is N#Cc1c(Cl)nc2c(cnn2[C@@H]2O[C@@H](CO)[C@@H](O)[C@@H]2F)c1N1CCC(F)(F)C1. The van der Waals surface area contributed by atoms with Crippen molar-refractivity contribution in [2.45, 2.75) is 37.0 Å². The van der Waals surface area contributed by atoms with Crippen molar-refractivity contribution in [3.05, 3.63) is 16.9 Å². The number of fused-ring (bicyclic) bond motifs is 1. The summed E-state index contributed by atoms with van der Waals surface area (Å²) in [6.07, 6.45) is -5.13. The topological polar surface area (TPSA) is 107 Å². The van der Waals surface area contributed by atoms with Gasteiger partial charge in [-0.1, -0.05) is 11.6 Å². The number of anilines is 1. The van der Waals surface area contributed by atoms with Crippen molar-refractivity contribution in [1.82, 2.24) is 14.8 Å². The molecule has 150 valence electrons. The van der Waals surface area contributed by atoms with Gasteiger partial charge in [-0.05, 0) is 0 Å². The highest BCUT2D eigenvalue weighted by atomic mass is 35.5. The van der Waals surface area contributed by atoms with Crippen molar-refractivity contribution in [1.29, 1.82) is 5.26 Å². The van der Waals surface area contributed by atoms with Gasteiger partial charge >= 0.3 is 0 Å². The zero-order chi connectivity index (χ0) is 20.2. The molecular weight excluding hydrogens is 403 g/mol. The fourth-order valence-corrected chi connectivity index (χ4v) is 3.82. The Morgan fingerprint density at radius 3 is 2.79 bits per heavy atom. The van der Waals surface area contributed by atoms with Crippen molar-refractivity contribution >= 4 is 28.3 Å². The van der Waals surface area contributed by atoms with Gasteiger partial charge in [0.2, 0.25) is 0 Å². The second kappa shape index (κ2) is 6.73. The number of rotatable bonds is 3. The van der Waals surface area contributed by atoms with Crippen molar-refractivity contribution in [3.8, 4) is 6.07 Å². The van der Waals surface area contributed by atoms with Gasteiger partial charge in [0, 0.05) is 13.0 Å². The van der Waals surface area contributed by atoms with E-state index in [1.165, 1.54) is 11.1 Å². The first kappa shape index (κ1) is 19.2. The van der Waals surface area contributed by atoms with E-state index < -0.39 is 43.7 Å². The van der Waals surface area contributed by atoms with Gasteiger partial charge in [-0.3, -0.25) is 0 Å². The van der Waals surface area contributed by atoms with E-state index in [-0.39, 0.29) is 40.4 Å². The molecule has 0 spiro atoms. The average molecular weight is 418 g/mol. The lowest BCUT2D eigenvalue weighted by Gasteiger charge is -2.21. The Labute approximate surface area is 161 Å². The Morgan fingerprint density at radius 2 is 2.21 bits per heavy atom. The molecule has 0 amide bonds. The molecular formula is C16H15ClF3N5O3. The van der Waals surface area contributed by atoms with Gasteiger partial charge in [-0.25, -0.2) is 22.8 Å². The molecule has 8 nitrogen and oxygen atoms in total. The van der Waals surface area contributed by atoms with Gasteiger partial charge in [0.05, 0.1) is 30.4 Å². The molecule has 0 unspecified atom stereocenters. The van der Waals surface area contributed by atoms with E-state index in [1.807, 2.05) is 6.07 Å². The molecule has 2 N–H and O–H groups in total. The number of halogens is 4. The molecule has 0 radical (unpaired) electrons. The van der Waals surface area contributed by atoms with Crippen LogP contribution in [-0.4, -0.2) is 69.0 Å². The average Bonchev–Trinajstić information content (AvgIpc) is 3.30. The van der Waals surface area contributed by atoms with Crippen molar-refractivity contribution in [2.75, 3.05) is 24.6 Å². The van der Waals surface area contributed by atoms with Crippen molar-refractivity contribution < 1.29 is 28.1 Å². The second-order valence-corrected chi connectivity index (χ2v) is 7.13. The summed E-state index contributed by atoms with van der Waals surface area (Å²) in [5, 5.41) is 32.5. The molecule has 4 heterocycles. The number of pyridine rings is 1. The molecule has 2 aliphatic heterocycles. The minimum absolute atomic E-state index is 0.000727. The molecule has 2 aliphatic rings. The summed E-state index contributed by atoms with van der Waals surface area (Å²) in [5.74, 6) is -2.91. The summed E-state index contributed by atoms with van der Waals surface area (Å²) >= 11 is 6.10. The number of aromatic nitrogens is 3. The summed E-state index contributed by atoms with van der Waals surface area (Å²) in [7, 11) is 0. The van der Waals surface area contributed by atoms with E-state index in [0.29, 0.717) is 0 Å². The van der Waals surface area contributed by atoms with Gasteiger partial charge in [0.1, 0.15) is 23.8 Å². The van der Waals surface area contributed by atoms with Crippen LogP contribution in [-0.2, 0) is 4.74 Å². The highest BCUT2D eigenvalue weighted by molar-refractivity contribution is 6.31. The Morgan fingerprint density at radius 1 is 1.46 bits per heavy atom. The van der Waals surface area contributed by atoms with Crippen LogP contribution in [0.15, 0.2) is 6.20 Å². The molecule has 2 fully saturated rings. The standard InChI is InChI=1S/C16H15ClF3N5O3/c17-13-7(3-21)11(24-2-1-16(19,20)6-24)8-4-22-25(14(8)23-13)15-10(18)12(27)9(5-26)28-15/h4,9-10,12,15,26-27H,1-2,5-6H2/t9-,10-,12+,15+/m0/s1. The van der Waals surface area contributed by atoms with Gasteiger partial charge < -0.3 is 19.8 Å². The Hall–Kier alpha value is -2.13. The maximum atomic E-state index is 14.5. The Bertz CT molecular complexity index is 965. The minimum atomic E-state index is -2.91. The number of hydrogen-bond acceptors (Lipinski definition) is 7. The first-order valence-corrected chi connectivity index (χ1v) is 8.83. The molecule has 2 aromatic heterocycles. The zero-order valence-corrected chi connectivity index (χ0v) is 15.0. The van der Waals surface area contributed by atoms with E-state index in [4.69, 9.17) is 16.3 Å². The molecule has 28 heavy (non-hydrogen) atoms. The maximum Gasteiger partial charge on any atom is 0.266 e. The number of hydrogen-bond donors (Lipinski definition) is 2. The van der Waals surface area contributed by atoms with Crippen LogP contribution in [0, 0.1) is 11.3 Å². The van der Waals surface area contributed by atoms with E-state index in [2.05, 4.69) is 10.1 Å². The third kappa shape index (κ3) is 2.88. The summed E-state index contributed by atoms with van der Waals surface area (Å²) in [4.78, 5) is 5.40. The fraction of sp³-hybridized carbons (Fsp3) is 0.562. The molecule has 2 aromatic rings. The molecule has 0 aliphatic carbocycles. The third-order valence-corrected chi connectivity index (χ3v) is 5.26. The highest BCUT2D eigenvalue weighted by Crippen LogP contribution is 2.40. The Balaban J connectivity index is 1.84. The fourth-order valence-electron chi connectivity index (χ4n) is 3.61. The van der Waals surface area contributed by atoms with Crippen molar-refractivity contribution in [2.24, 2.45) is 0 Å². The lowest BCUT2D eigenvalue weighted by atomic mass is 10.1. The predicted molar refractivity (Wildman–Crippen MR) is 90.9 cm³/mol. The smallest absolute Gasteiger partial charge is 0.266 e. The van der Waals surface area contributed by atoms with Crippen LogP contribution < -0.4 is 4.90 Å². The molecule has 4 atom stereocenters. The molecule has 0 saturated carbocycles. The lowest BCUT2D eigenvalue weighted by molar-refractivity contribution is -0.0505. The highest BCUT2D eigenvalue weighted by Gasteiger charge is 2.46. The van der Waals surface area contributed by atoms with E-state index in [9.17, 15) is 28.6 Å². The molecule has 0 aromatic carbocycles. The van der Waals surface area contributed by atoms with E-state index in [1.54, 1.807) is 0 Å². The predicted octanol–water partition coefficient (Wildman–Crippen LogP) is 1.39. The van der Waals surface area contributed by atoms with E-state index in [0.717, 1.165) is 4.68 Å². The van der Waals surface area contributed by atoms with Gasteiger partial charge in [-0.15, -0.1) is 0 Å². The molecule has 12 heteroatoms. The maximum absolute atomic E-state index is 14.5. The number of aliphatic hydroxyl groups excluding tert-OH is 2. The van der Waals surface area contributed by atoms with Crippen LogP contribution >= 0.6 is 11.6 Å². The van der Waals surface area contributed by atoms with Crippen LogP contribution in [0.4, 0.5) is 18.9 Å². The monoisotopic (exact) mass is 417 g/mol. The van der Waals surface area contributed by atoms with Crippen LogP contribution in [0.2, 0.25) is 5.15 Å². The first-order chi connectivity index (χ1) is 13.3. The van der Waals surface area contributed by atoms with Crippen LogP contribution in [0.1, 0.15) is 18.2 Å². The largest absolute Gasteiger partial charge is 0.394 e. The third-order valence-electron chi connectivity index (χ3n) is 4.98. The molecule has 4 rings (SSSR count). The van der Waals surface area contributed by atoms with Gasteiger partial charge in [-0.2, -0.15) is 10.4 Å². The summed E-state index contributed by atoms with van der Waals surface area (Å²) in [6.45, 7) is -1.20. The number of alkyl halides is 3. The zero-order valence-electron chi connectivity index (χ0n) is 14.3. The summed E-state index contributed by atoms with van der Waals surface area (Å²) in [6, 6.07) is 1.87. The number of ether oxygens (including phenoxy) is 1. The number of nitriles is 1. The summed E-state index contributed by atoms with van der Waals surface area (Å²) in [5.41, 5.74) is 0.0880. The molecule has 0 bridgehead atoms. The number of nitrogens with zero attached hydrogens (tertiary/aromatic N) is 5. The quantitative estimate of drug-likeness (QED) is 0.726. The van der Waals surface area contributed by atoms with Gasteiger partial charge in [0.15, 0.2) is 23.2 Å². The Kier molecular flexibility index (Phi) is 4.62. The normalized spacial score (nSPS) is 29.5. The van der Waals surface area contributed by atoms with Crippen LogP contribution in [0.3, 0.4) is 0 Å². The van der Waals surface area contributed by atoms with Gasteiger partial charge in [0.25, 0.3) is 5.92 Å². The van der Waals surface area contributed by atoms with Crippen molar-refractivity contribution in [3.63, 3.8) is 0 Å². The summed E-state index contributed by atoms with van der Waals surface area (Å²) < 4.78 is 48.3. The lowest BCUT2D eigenvalue weighted by Crippen LogP contribution is -2.30. The number of aliphatic hydroxyl groups is 2. The molecule has 2 saturated heterocycles. The second-order valence-electron chi connectivity index (χ2n) is 6.77. The minimum Gasteiger partial charge on any atom is -0.394 e.